The van der Waals surface area contributed by atoms with Crippen LogP contribution < -0.4 is 4.90 Å². The van der Waals surface area contributed by atoms with Gasteiger partial charge in [0.05, 0.1) is 16.4 Å². The standard InChI is InChI=1S/C75H58N2/c1-5-52-19-24-55(25-20-52)57-28-36-61(37-29-57)75(71-16-10-7-13-67(71)68-14-8-11-17-72(68)75)62-38-30-58(31-39-62)60-34-42-64(43-35-60)76(63-40-32-59(33-41-63)56-26-21-53(6-2)22-27-56)65-44-46-66(47-45-65)77-73-18-12-9-15-69(73)70-48-23-54(49-51(3)4)50-74(70)77/h5-48,50-51H,1-2,49H2,3-4H3. The van der Waals surface area contributed by atoms with E-state index in [-0.39, 0.29) is 0 Å². The van der Waals surface area contributed by atoms with Crippen molar-refractivity contribution < 1.29 is 0 Å². The number of benzene rings is 11. The summed E-state index contributed by atoms with van der Waals surface area (Å²) >= 11 is 0. The summed E-state index contributed by atoms with van der Waals surface area (Å²) < 4.78 is 2.43. The molecule has 0 N–H and O–H groups in total. The van der Waals surface area contributed by atoms with Gasteiger partial charge in [-0.2, -0.15) is 0 Å². The maximum absolute atomic E-state index is 3.95. The van der Waals surface area contributed by atoms with Crippen LogP contribution in [0.4, 0.5) is 17.1 Å². The van der Waals surface area contributed by atoms with Crippen LogP contribution in [0.2, 0.25) is 0 Å². The van der Waals surface area contributed by atoms with Crippen molar-refractivity contribution in [2.45, 2.75) is 25.7 Å². The van der Waals surface area contributed by atoms with Crippen molar-refractivity contribution >= 4 is 51.0 Å². The van der Waals surface area contributed by atoms with Crippen LogP contribution in [0.5, 0.6) is 0 Å². The Morgan fingerprint density at radius 2 is 0.792 bits per heavy atom. The van der Waals surface area contributed by atoms with Gasteiger partial charge in [0.15, 0.2) is 0 Å². The highest BCUT2D eigenvalue weighted by atomic mass is 15.1. The monoisotopic (exact) mass is 986 g/mol. The van der Waals surface area contributed by atoms with Crippen LogP contribution in [-0.4, -0.2) is 4.57 Å². The summed E-state index contributed by atoms with van der Waals surface area (Å²) in [4.78, 5) is 2.37. The van der Waals surface area contributed by atoms with E-state index in [0.717, 1.165) is 45.9 Å². The lowest BCUT2D eigenvalue weighted by Gasteiger charge is -2.34. The molecule has 0 spiro atoms. The van der Waals surface area contributed by atoms with E-state index in [0.29, 0.717) is 5.92 Å². The molecular weight excluding hydrogens is 929 g/mol. The van der Waals surface area contributed by atoms with E-state index in [9.17, 15) is 0 Å². The van der Waals surface area contributed by atoms with Gasteiger partial charge in [0.25, 0.3) is 0 Å². The second-order valence-corrected chi connectivity index (χ2v) is 20.9. The summed E-state index contributed by atoms with van der Waals surface area (Å²) in [5, 5.41) is 2.54. The van der Waals surface area contributed by atoms with Crippen LogP contribution in [0.25, 0.3) is 84.2 Å². The van der Waals surface area contributed by atoms with Crippen molar-refractivity contribution in [1.29, 1.82) is 0 Å². The summed E-state index contributed by atoms with van der Waals surface area (Å²) in [6.45, 7) is 12.5. The van der Waals surface area contributed by atoms with Crippen molar-refractivity contribution in [3.63, 3.8) is 0 Å². The lowest BCUT2D eigenvalue weighted by Crippen LogP contribution is -2.28. The fraction of sp³-hybridized carbons (Fsp3) is 0.0667. The van der Waals surface area contributed by atoms with Gasteiger partial charge in [-0.3, -0.25) is 0 Å². The SMILES string of the molecule is C=Cc1ccc(-c2ccc(N(c3ccc(-c4ccc(C5(c6ccc(-c7ccc(C=C)cc7)cc6)c6ccccc6-c6ccccc65)cc4)cc3)c3ccc(-n4c5ccccc5c5ccc(CC(C)C)cc54)cc3)cc2)cc1. The van der Waals surface area contributed by atoms with Gasteiger partial charge in [0.2, 0.25) is 0 Å². The van der Waals surface area contributed by atoms with Gasteiger partial charge in [-0.1, -0.05) is 239 Å². The van der Waals surface area contributed by atoms with E-state index >= 15 is 0 Å². The molecule has 368 valence electrons. The van der Waals surface area contributed by atoms with Crippen molar-refractivity contribution in [3.8, 4) is 50.2 Å². The summed E-state index contributed by atoms with van der Waals surface area (Å²) in [7, 11) is 0. The Morgan fingerprint density at radius 1 is 0.403 bits per heavy atom. The molecule has 0 radical (unpaired) electrons. The highest BCUT2D eigenvalue weighted by Gasteiger charge is 2.45. The summed E-state index contributed by atoms with van der Waals surface area (Å²) in [5.74, 6) is 0.575. The van der Waals surface area contributed by atoms with Crippen molar-refractivity contribution in [1.82, 2.24) is 4.57 Å². The predicted molar refractivity (Wildman–Crippen MR) is 328 cm³/mol. The summed E-state index contributed by atoms with van der Waals surface area (Å²) in [5.41, 5.74) is 24.6. The Balaban J connectivity index is 0.869. The molecule has 0 fully saturated rings. The van der Waals surface area contributed by atoms with Crippen molar-refractivity contribution in [2.75, 3.05) is 4.90 Å². The molecule has 0 saturated heterocycles. The number of hydrogen-bond donors (Lipinski definition) is 0. The molecule has 0 saturated carbocycles. The Labute approximate surface area is 452 Å². The lowest BCUT2D eigenvalue weighted by molar-refractivity contribution is 0.647. The largest absolute Gasteiger partial charge is 0.311 e. The lowest BCUT2D eigenvalue weighted by atomic mass is 9.67. The minimum absolute atomic E-state index is 0.500. The first-order chi connectivity index (χ1) is 37.9. The molecule has 1 aliphatic carbocycles. The minimum Gasteiger partial charge on any atom is -0.311 e. The van der Waals surface area contributed by atoms with Gasteiger partial charge in [0.1, 0.15) is 0 Å². The number of aromatic nitrogens is 1. The van der Waals surface area contributed by atoms with Crippen molar-refractivity contribution in [2.24, 2.45) is 5.92 Å². The van der Waals surface area contributed by atoms with Gasteiger partial charge in [-0.25, -0.2) is 0 Å². The first kappa shape index (κ1) is 47.2. The van der Waals surface area contributed by atoms with Gasteiger partial charge >= 0.3 is 0 Å². The van der Waals surface area contributed by atoms with Crippen LogP contribution in [0, 0.1) is 5.92 Å². The van der Waals surface area contributed by atoms with Gasteiger partial charge in [-0.05, 0) is 156 Å². The maximum atomic E-state index is 3.95. The fourth-order valence-electron chi connectivity index (χ4n) is 12.2. The number of anilines is 3. The molecule has 13 rings (SSSR count). The second kappa shape index (κ2) is 19.6. The topological polar surface area (TPSA) is 8.17 Å². The van der Waals surface area contributed by atoms with E-state index in [2.05, 4.69) is 297 Å². The maximum Gasteiger partial charge on any atom is 0.0713 e. The number of fused-ring (bicyclic) bond motifs is 6. The molecule has 77 heavy (non-hydrogen) atoms. The molecule has 1 aliphatic rings. The third-order valence-electron chi connectivity index (χ3n) is 15.9. The fourth-order valence-corrected chi connectivity index (χ4v) is 12.2. The molecule has 1 heterocycles. The van der Waals surface area contributed by atoms with Gasteiger partial charge in [0, 0.05) is 33.5 Å². The van der Waals surface area contributed by atoms with E-state index in [1.54, 1.807) is 0 Å². The number of nitrogens with zero attached hydrogens (tertiary/aromatic N) is 2. The Bertz CT molecular complexity index is 4070. The average Bonchev–Trinajstić information content (AvgIpc) is 4.16. The van der Waals surface area contributed by atoms with Crippen LogP contribution in [0.15, 0.2) is 274 Å². The zero-order chi connectivity index (χ0) is 52.0. The normalized spacial score (nSPS) is 12.4. The molecule has 0 unspecified atom stereocenters. The third-order valence-corrected chi connectivity index (χ3v) is 15.9. The van der Waals surface area contributed by atoms with E-state index in [1.165, 1.54) is 88.6 Å². The molecule has 0 amide bonds. The van der Waals surface area contributed by atoms with E-state index in [4.69, 9.17) is 0 Å². The predicted octanol–water partition coefficient (Wildman–Crippen LogP) is 20.1. The highest BCUT2D eigenvalue weighted by Crippen LogP contribution is 2.56. The molecule has 12 aromatic rings. The number of rotatable bonds is 13. The first-order valence-electron chi connectivity index (χ1n) is 26.9. The molecule has 0 atom stereocenters. The van der Waals surface area contributed by atoms with Gasteiger partial charge < -0.3 is 9.47 Å². The molecule has 0 bridgehead atoms. The zero-order valence-corrected chi connectivity index (χ0v) is 43.6. The number of hydrogen-bond acceptors (Lipinski definition) is 1. The van der Waals surface area contributed by atoms with Crippen LogP contribution >= 0.6 is 0 Å². The molecule has 0 aliphatic heterocycles. The van der Waals surface area contributed by atoms with Crippen LogP contribution in [0.3, 0.4) is 0 Å². The smallest absolute Gasteiger partial charge is 0.0713 e. The highest BCUT2D eigenvalue weighted by molar-refractivity contribution is 6.09. The van der Waals surface area contributed by atoms with Gasteiger partial charge in [-0.15, -0.1) is 0 Å². The Hall–Kier alpha value is -9.50. The Kier molecular flexibility index (Phi) is 12.1. The van der Waals surface area contributed by atoms with E-state index in [1.807, 2.05) is 12.2 Å². The quantitative estimate of drug-likeness (QED) is 0.112. The van der Waals surface area contributed by atoms with E-state index < -0.39 is 5.41 Å². The molecule has 2 heteroatoms. The average molecular weight is 987 g/mol. The number of para-hydroxylation sites is 1. The molecule has 1 aromatic heterocycles. The molecule has 11 aromatic carbocycles. The second-order valence-electron chi connectivity index (χ2n) is 20.9. The summed E-state index contributed by atoms with van der Waals surface area (Å²) in [6.07, 6.45) is 4.82. The van der Waals surface area contributed by atoms with Crippen molar-refractivity contribution in [3.05, 3.63) is 313 Å². The first-order valence-corrected chi connectivity index (χ1v) is 26.9. The molecule has 2 nitrogen and oxygen atoms in total. The van der Waals surface area contributed by atoms with Crippen LogP contribution in [0.1, 0.15) is 52.8 Å². The zero-order valence-electron chi connectivity index (χ0n) is 43.6. The van der Waals surface area contributed by atoms with Crippen LogP contribution in [-0.2, 0) is 11.8 Å². The third kappa shape index (κ3) is 8.31. The summed E-state index contributed by atoms with van der Waals surface area (Å²) in [6, 6.07) is 96.6. The minimum atomic E-state index is -0.500. The Morgan fingerprint density at radius 3 is 1.25 bits per heavy atom. The molecular formula is C75H58N2.